The molecule has 0 heterocycles. The molecule has 1 N–H and O–H groups in total. The van der Waals surface area contributed by atoms with Gasteiger partial charge >= 0.3 is 0 Å². The number of para-hydroxylation sites is 1. The maximum absolute atomic E-state index is 13.3. The summed E-state index contributed by atoms with van der Waals surface area (Å²) in [5, 5.41) is 2.91. The van der Waals surface area contributed by atoms with E-state index >= 15 is 0 Å². The minimum Gasteiger partial charge on any atom is -0.484 e. The van der Waals surface area contributed by atoms with E-state index in [9.17, 15) is 14.0 Å². The van der Waals surface area contributed by atoms with Crippen LogP contribution in [0.2, 0.25) is 0 Å². The summed E-state index contributed by atoms with van der Waals surface area (Å²) < 4.78 is 19.0. The zero-order chi connectivity index (χ0) is 22.1. The number of ether oxygens (including phenoxy) is 1. The number of rotatable bonds is 10. The van der Waals surface area contributed by atoms with Crippen LogP contribution in [0.25, 0.3) is 0 Å². The third-order valence-electron chi connectivity index (χ3n) is 4.78. The first-order valence-corrected chi connectivity index (χ1v) is 10.3. The summed E-state index contributed by atoms with van der Waals surface area (Å²) in [6.07, 6.45) is 0.460. The van der Waals surface area contributed by atoms with Crippen LogP contribution in [-0.4, -0.2) is 35.9 Å². The Balaban J connectivity index is 2.19. The molecule has 0 saturated heterocycles. The topological polar surface area (TPSA) is 58.6 Å². The Kier molecular flexibility index (Phi) is 8.84. The fourth-order valence-corrected chi connectivity index (χ4v) is 3.07. The van der Waals surface area contributed by atoms with Gasteiger partial charge in [-0.1, -0.05) is 51.1 Å². The fraction of sp³-hybridized carbons (Fsp3) is 0.417. The second kappa shape index (κ2) is 11.3. The molecule has 0 aliphatic heterocycles. The van der Waals surface area contributed by atoms with Crippen molar-refractivity contribution in [2.24, 2.45) is 5.92 Å². The highest BCUT2D eigenvalue weighted by molar-refractivity contribution is 5.88. The third-order valence-corrected chi connectivity index (χ3v) is 4.78. The van der Waals surface area contributed by atoms with Gasteiger partial charge in [0.25, 0.3) is 5.91 Å². The van der Waals surface area contributed by atoms with E-state index < -0.39 is 6.04 Å². The zero-order valence-electron chi connectivity index (χ0n) is 18.2. The molecule has 5 nitrogen and oxygen atoms in total. The molecule has 0 spiro atoms. The first-order chi connectivity index (χ1) is 14.3. The summed E-state index contributed by atoms with van der Waals surface area (Å²) in [7, 11) is 0. The first kappa shape index (κ1) is 23.4. The minimum atomic E-state index is -0.637. The lowest BCUT2D eigenvalue weighted by Crippen LogP contribution is -2.50. The fourth-order valence-electron chi connectivity index (χ4n) is 3.07. The molecule has 2 aromatic carbocycles. The van der Waals surface area contributed by atoms with Crippen LogP contribution in [0.3, 0.4) is 0 Å². The van der Waals surface area contributed by atoms with Gasteiger partial charge in [0.2, 0.25) is 5.91 Å². The van der Waals surface area contributed by atoms with Gasteiger partial charge in [-0.2, -0.15) is 0 Å². The van der Waals surface area contributed by atoms with Crippen LogP contribution >= 0.6 is 0 Å². The van der Waals surface area contributed by atoms with Gasteiger partial charge in [-0.15, -0.1) is 0 Å². The minimum absolute atomic E-state index is 0.181. The Labute approximate surface area is 178 Å². The van der Waals surface area contributed by atoms with Gasteiger partial charge in [0.15, 0.2) is 6.61 Å². The van der Waals surface area contributed by atoms with Crippen LogP contribution in [0, 0.1) is 18.7 Å². The standard InChI is InChI=1S/C24H31FN2O3/c1-5-21(24(29)26-14-17(2)3)27(15-19-10-12-20(25)13-11-19)23(28)16-30-22-9-7-6-8-18(22)4/h6-13,17,21H,5,14-16H2,1-4H3,(H,26,29)/t21-/m1/s1. The monoisotopic (exact) mass is 414 g/mol. The molecular weight excluding hydrogens is 383 g/mol. The molecular formula is C24H31FN2O3. The lowest BCUT2D eigenvalue weighted by atomic mass is 10.1. The molecule has 0 aliphatic rings. The van der Waals surface area contributed by atoms with Crippen molar-refractivity contribution in [3.05, 3.63) is 65.5 Å². The molecule has 0 unspecified atom stereocenters. The SMILES string of the molecule is CC[C@H](C(=O)NCC(C)C)N(Cc1ccc(F)cc1)C(=O)COc1ccccc1C. The number of hydrogen-bond acceptors (Lipinski definition) is 3. The normalized spacial score (nSPS) is 11.8. The van der Waals surface area contributed by atoms with Crippen molar-refractivity contribution >= 4 is 11.8 Å². The summed E-state index contributed by atoms with van der Waals surface area (Å²) in [6.45, 7) is 8.35. The highest BCUT2D eigenvalue weighted by atomic mass is 19.1. The van der Waals surface area contributed by atoms with Crippen LogP contribution in [0.5, 0.6) is 5.75 Å². The molecule has 2 rings (SSSR count). The summed E-state index contributed by atoms with van der Waals surface area (Å²) in [5.74, 6) is 0.0925. The number of hydrogen-bond donors (Lipinski definition) is 1. The van der Waals surface area contributed by atoms with Gasteiger partial charge in [0.05, 0.1) is 0 Å². The van der Waals surface area contributed by atoms with Crippen LogP contribution in [-0.2, 0) is 16.1 Å². The molecule has 0 bridgehead atoms. The van der Waals surface area contributed by atoms with Crippen molar-refractivity contribution in [1.29, 1.82) is 0 Å². The summed E-state index contributed by atoms with van der Waals surface area (Å²) in [6, 6.07) is 12.8. The summed E-state index contributed by atoms with van der Waals surface area (Å²) in [4.78, 5) is 27.4. The maximum atomic E-state index is 13.3. The van der Waals surface area contributed by atoms with Crippen molar-refractivity contribution in [2.75, 3.05) is 13.2 Å². The van der Waals surface area contributed by atoms with Gasteiger partial charge in [-0.3, -0.25) is 9.59 Å². The number of nitrogens with one attached hydrogen (secondary N) is 1. The molecule has 6 heteroatoms. The molecule has 1 atom stereocenters. The van der Waals surface area contributed by atoms with Gasteiger partial charge in [-0.05, 0) is 48.6 Å². The van der Waals surface area contributed by atoms with Gasteiger partial charge in [0.1, 0.15) is 17.6 Å². The van der Waals surface area contributed by atoms with E-state index in [2.05, 4.69) is 5.32 Å². The van der Waals surface area contributed by atoms with Crippen LogP contribution in [0.1, 0.15) is 38.3 Å². The van der Waals surface area contributed by atoms with E-state index in [0.29, 0.717) is 24.6 Å². The van der Waals surface area contributed by atoms with Crippen molar-refractivity contribution < 1.29 is 18.7 Å². The summed E-state index contributed by atoms with van der Waals surface area (Å²) in [5.41, 5.74) is 1.67. The van der Waals surface area contributed by atoms with Crippen LogP contribution in [0.15, 0.2) is 48.5 Å². The van der Waals surface area contributed by atoms with Crippen molar-refractivity contribution in [2.45, 2.75) is 46.7 Å². The van der Waals surface area contributed by atoms with Crippen molar-refractivity contribution in [3.8, 4) is 5.75 Å². The number of aryl methyl sites for hydroxylation is 1. The van der Waals surface area contributed by atoms with Crippen molar-refractivity contribution in [3.63, 3.8) is 0 Å². The molecule has 0 saturated carbocycles. The number of amides is 2. The Hall–Kier alpha value is -2.89. The molecule has 162 valence electrons. The lowest BCUT2D eigenvalue weighted by molar-refractivity contribution is -0.143. The number of benzene rings is 2. The third kappa shape index (κ3) is 6.87. The van der Waals surface area contributed by atoms with E-state index in [1.807, 2.05) is 45.9 Å². The molecule has 0 fully saturated rings. The average Bonchev–Trinajstić information content (AvgIpc) is 2.72. The van der Waals surface area contributed by atoms with E-state index in [1.165, 1.54) is 17.0 Å². The van der Waals surface area contributed by atoms with Crippen LogP contribution in [0.4, 0.5) is 4.39 Å². The maximum Gasteiger partial charge on any atom is 0.261 e. The van der Waals surface area contributed by atoms with Gasteiger partial charge in [-0.25, -0.2) is 4.39 Å². The number of carbonyl (C=O) groups is 2. The van der Waals surface area contributed by atoms with Crippen molar-refractivity contribution in [1.82, 2.24) is 10.2 Å². The lowest BCUT2D eigenvalue weighted by Gasteiger charge is -2.31. The smallest absolute Gasteiger partial charge is 0.261 e. The zero-order valence-corrected chi connectivity index (χ0v) is 18.2. The highest BCUT2D eigenvalue weighted by Crippen LogP contribution is 2.18. The molecule has 0 aromatic heterocycles. The summed E-state index contributed by atoms with van der Waals surface area (Å²) >= 11 is 0. The highest BCUT2D eigenvalue weighted by Gasteiger charge is 2.29. The second-order valence-electron chi connectivity index (χ2n) is 7.77. The Morgan fingerprint density at radius 3 is 2.37 bits per heavy atom. The number of carbonyl (C=O) groups excluding carboxylic acids is 2. The van der Waals surface area contributed by atoms with Crippen LogP contribution < -0.4 is 10.1 Å². The number of halogens is 1. The Morgan fingerprint density at radius 1 is 1.10 bits per heavy atom. The largest absolute Gasteiger partial charge is 0.484 e. The predicted molar refractivity (Wildman–Crippen MR) is 116 cm³/mol. The first-order valence-electron chi connectivity index (χ1n) is 10.3. The number of nitrogens with zero attached hydrogens (tertiary/aromatic N) is 1. The van der Waals surface area contributed by atoms with E-state index in [4.69, 9.17) is 4.74 Å². The van der Waals surface area contributed by atoms with E-state index in [1.54, 1.807) is 18.2 Å². The molecule has 2 amide bonds. The van der Waals surface area contributed by atoms with E-state index in [0.717, 1.165) is 11.1 Å². The van der Waals surface area contributed by atoms with Gasteiger partial charge < -0.3 is 15.0 Å². The Bertz CT molecular complexity index is 837. The van der Waals surface area contributed by atoms with Gasteiger partial charge in [0, 0.05) is 13.1 Å². The molecule has 0 radical (unpaired) electrons. The predicted octanol–water partition coefficient (Wildman–Crippen LogP) is 4.09. The van der Waals surface area contributed by atoms with E-state index in [-0.39, 0.29) is 30.8 Å². The quantitative estimate of drug-likeness (QED) is 0.637. The molecule has 0 aliphatic carbocycles. The molecule has 30 heavy (non-hydrogen) atoms. The average molecular weight is 415 g/mol. The molecule has 2 aromatic rings. The second-order valence-corrected chi connectivity index (χ2v) is 7.77. The Morgan fingerprint density at radius 2 is 1.77 bits per heavy atom.